The second-order valence-corrected chi connectivity index (χ2v) is 8.25. The van der Waals surface area contributed by atoms with Gasteiger partial charge in [-0.15, -0.1) is 10.2 Å². The molecule has 0 bridgehead atoms. The van der Waals surface area contributed by atoms with Crippen molar-refractivity contribution >= 4 is 34.5 Å². The summed E-state index contributed by atoms with van der Waals surface area (Å²) in [5.41, 5.74) is 3.54. The molecule has 182 valence electrons. The molecule has 5 rings (SSSR count). The number of piperazine rings is 1. The number of aromatic amines is 1. The maximum absolute atomic E-state index is 7.56. The van der Waals surface area contributed by atoms with Crippen molar-refractivity contribution in [3.8, 4) is 17.1 Å². The van der Waals surface area contributed by atoms with Crippen LogP contribution in [0.2, 0.25) is 0 Å². The van der Waals surface area contributed by atoms with Gasteiger partial charge in [-0.3, -0.25) is 0 Å². The highest BCUT2D eigenvalue weighted by molar-refractivity contribution is 5.81. The number of hydrogen-bond donors (Lipinski definition) is 3. The van der Waals surface area contributed by atoms with Crippen LogP contribution in [0.5, 0.6) is 5.75 Å². The van der Waals surface area contributed by atoms with E-state index in [1.807, 2.05) is 42.5 Å². The van der Waals surface area contributed by atoms with Gasteiger partial charge < -0.3 is 25.2 Å². The molecule has 4 aromatic rings. The van der Waals surface area contributed by atoms with Crippen molar-refractivity contribution in [2.24, 2.45) is 0 Å². The lowest BCUT2D eigenvalue weighted by molar-refractivity contribution is 0.311. The van der Waals surface area contributed by atoms with Crippen LogP contribution in [-0.2, 0) is 0 Å². The Labute approximate surface area is 208 Å². The number of H-pyrrole nitrogens is 1. The summed E-state index contributed by atoms with van der Waals surface area (Å²) in [5, 5.41) is 20.7. The van der Waals surface area contributed by atoms with Gasteiger partial charge in [0.2, 0.25) is 17.5 Å². The SMILES string of the molecule is [C-]#[N+]c1cnc(Nc2ccc(OC)c(N3CCN(C)CC3)c2)nc1Nc1ccccc1-c1nn[nH]n1. The Balaban J connectivity index is 1.42. The first-order valence-corrected chi connectivity index (χ1v) is 11.4. The first kappa shape index (κ1) is 23.0. The molecule has 2 aromatic carbocycles. The number of para-hydroxylation sites is 1. The molecule has 3 heterocycles. The fraction of sp³-hybridized carbons (Fsp3) is 0.250. The molecule has 12 heteroatoms. The molecule has 3 N–H and O–H groups in total. The van der Waals surface area contributed by atoms with Gasteiger partial charge in [-0.05, 0) is 42.6 Å². The van der Waals surface area contributed by atoms with Crippen LogP contribution < -0.4 is 20.3 Å². The van der Waals surface area contributed by atoms with Crippen LogP contribution >= 0.6 is 0 Å². The zero-order valence-electron chi connectivity index (χ0n) is 19.9. The minimum atomic E-state index is 0.288. The number of nitrogens with zero attached hydrogens (tertiary/aromatic N) is 8. The van der Waals surface area contributed by atoms with Gasteiger partial charge >= 0.3 is 0 Å². The maximum atomic E-state index is 7.56. The molecular formula is C24H25N11O. The molecule has 0 aliphatic carbocycles. The van der Waals surface area contributed by atoms with E-state index in [-0.39, 0.29) is 5.69 Å². The van der Waals surface area contributed by atoms with Crippen LogP contribution in [0.3, 0.4) is 0 Å². The fourth-order valence-corrected chi connectivity index (χ4v) is 3.99. The first-order valence-electron chi connectivity index (χ1n) is 11.4. The van der Waals surface area contributed by atoms with E-state index >= 15 is 0 Å². The molecule has 1 saturated heterocycles. The van der Waals surface area contributed by atoms with Gasteiger partial charge in [0.15, 0.2) is 0 Å². The third-order valence-corrected chi connectivity index (χ3v) is 5.94. The van der Waals surface area contributed by atoms with E-state index in [4.69, 9.17) is 11.3 Å². The Morgan fingerprint density at radius 1 is 1.08 bits per heavy atom. The summed E-state index contributed by atoms with van der Waals surface area (Å²) < 4.78 is 5.61. The second kappa shape index (κ2) is 10.2. The molecule has 0 atom stereocenters. The molecule has 1 aliphatic heterocycles. The van der Waals surface area contributed by atoms with Gasteiger partial charge in [0.1, 0.15) is 11.6 Å². The maximum Gasteiger partial charge on any atom is 0.246 e. The molecular weight excluding hydrogens is 458 g/mol. The predicted molar refractivity (Wildman–Crippen MR) is 137 cm³/mol. The number of likely N-dealkylation sites (N-methyl/N-ethyl adjacent to an activating group) is 1. The van der Waals surface area contributed by atoms with Crippen LogP contribution in [0.15, 0.2) is 48.7 Å². The molecule has 0 spiro atoms. The van der Waals surface area contributed by atoms with Gasteiger partial charge in [-0.2, -0.15) is 5.21 Å². The van der Waals surface area contributed by atoms with Crippen LogP contribution in [0.4, 0.5) is 34.5 Å². The Morgan fingerprint density at radius 2 is 1.92 bits per heavy atom. The largest absolute Gasteiger partial charge is 0.495 e. The number of aromatic nitrogens is 6. The lowest BCUT2D eigenvalue weighted by atomic mass is 10.1. The molecule has 0 amide bonds. The highest BCUT2D eigenvalue weighted by atomic mass is 16.5. The minimum absolute atomic E-state index is 0.288. The third kappa shape index (κ3) is 4.86. The molecule has 1 aliphatic rings. The highest BCUT2D eigenvalue weighted by Crippen LogP contribution is 2.34. The number of anilines is 5. The van der Waals surface area contributed by atoms with Crippen molar-refractivity contribution in [1.82, 2.24) is 35.5 Å². The van der Waals surface area contributed by atoms with Crippen molar-refractivity contribution in [1.29, 1.82) is 0 Å². The quantitative estimate of drug-likeness (QED) is 0.337. The predicted octanol–water partition coefficient (Wildman–Crippen LogP) is 3.46. The number of benzene rings is 2. The van der Waals surface area contributed by atoms with Crippen molar-refractivity contribution in [2.75, 3.05) is 55.9 Å². The van der Waals surface area contributed by atoms with E-state index in [2.05, 4.69) is 62.9 Å². The van der Waals surface area contributed by atoms with Crippen molar-refractivity contribution in [3.63, 3.8) is 0 Å². The average Bonchev–Trinajstić information content (AvgIpc) is 3.45. The summed E-state index contributed by atoms with van der Waals surface area (Å²) in [6, 6.07) is 13.4. The summed E-state index contributed by atoms with van der Waals surface area (Å²) in [7, 11) is 3.81. The first-order chi connectivity index (χ1) is 17.6. The van der Waals surface area contributed by atoms with Crippen LogP contribution in [0.25, 0.3) is 16.2 Å². The number of tetrazole rings is 1. The number of nitrogens with one attached hydrogen (secondary N) is 3. The topological polar surface area (TPSA) is 124 Å². The smallest absolute Gasteiger partial charge is 0.246 e. The van der Waals surface area contributed by atoms with E-state index in [1.54, 1.807) is 7.11 Å². The van der Waals surface area contributed by atoms with Gasteiger partial charge in [-0.25, -0.2) is 14.8 Å². The average molecular weight is 484 g/mol. The van der Waals surface area contributed by atoms with Crippen LogP contribution in [0, 0.1) is 6.57 Å². The summed E-state index contributed by atoms with van der Waals surface area (Å²) in [6.07, 6.45) is 1.49. The zero-order valence-corrected chi connectivity index (χ0v) is 19.9. The standard InChI is InChI=1S/C24H25N11O/c1-25-19-15-26-24(29-23(19)28-18-7-5-4-6-17(18)22-30-32-33-31-22)27-16-8-9-21(36-3)20(14-16)35-12-10-34(2)11-13-35/h4-9,14-15H,10-13H2,2-3H3,(H2,26,27,28,29)(H,30,31,32,33). The Morgan fingerprint density at radius 3 is 2.67 bits per heavy atom. The van der Waals surface area contributed by atoms with E-state index in [1.165, 1.54) is 6.20 Å². The molecule has 0 saturated carbocycles. The third-order valence-electron chi connectivity index (χ3n) is 5.94. The van der Waals surface area contributed by atoms with Crippen molar-refractivity contribution < 1.29 is 4.74 Å². The summed E-state index contributed by atoms with van der Waals surface area (Å²) in [4.78, 5) is 17.1. The molecule has 12 nitrogen and oxygen atoms in total. The summed E-state index contributed by atoms with van der Waals surface area (Å²) in [5.74, 6) is 1.97. The number of ether oxygens (including phenoxy) is 1. The Hall–Kier alpha value is -4.76. The molecule has 0 radical (unpaired) electrons. The van der Waals surface area contributed by atoms with Gasteiger partial charge in [0, 0.05) is 49.3 Å². The normalized spacial score (nSPS) is 13.8. The lowest BCUT2D eigenvalue weighted by Crippen LogP contribution is -2.44. The monoisotopic (exact) mass is 483 g/mol. The zero-order chi connectivity index (χ0) is 24.9. The van der Waals surface area contributed by atoms with E-state index in [0.29, 0.717) is 23.3 Å². The molecule has 2 aromatic heterocycles. The summed E-state index contributed by atoms with van der Waals surface area (Å²) in [6.45, 7) is 11.4. The van der Waals surface area contributed by atoms with Crippen LogP contribution in [-0.4, -0.2) is 75.8 Å². The summed E-state index contributed by atoms with van der Waals surface area (Å²) >= 11 is 0. The lowest BCUT2D eigenvalue weighted by Gasteiger charge is -2.34. The van der Waals surface area contributed by atoms with Gasteiger partial charge in [-0.1, -0.05) is 12.1 Å². The minimum Gasteiger partial charge on any atom is -0.495 e. The van der Waals surface area contributed by atoms with E-state index in [0.717, 1.165) is 48.9 Å². The van der Waals surface area contributed by atoms with Gasteiger partial charge in [0.05, 0.1) is 19.4 Å². The van der Waals surface area contributed by atoms with Crippen molar-refractivity contribution in [3.05, 3.63) is 60.1 Å². The number of rotatable bonds is 7. The number of methoxy groups -OCH3 is 1. The van der Waals surface area contributed by atoms with E-state index in [9.17, 15) is 0 Å². The Bertz CT molecular complexity index is 1380. The van der Waals surface area contributed by atoms with Gasteiger partial charge in [0.25, 0.3) is 0 Å². The van der Waals surface area contributed by atoms with Crippen molar-refractivity contribution in [2.45, 2.75) is 0 Å². The second-order valence-electron chi connectivity index (χ2n) is 8.25. The van der Waals surface area contributed by atoms with Crippen LogP contribution in [0.1, 0.15) is 0 Å². The molecule has 36 heavy (non-hydrogen) atoms. The fourth-order valence-electron chi connectivity index (χ4n) is 3.99. The number of hydrogen-bond acceptors (Lipinski definition) is 10. The Kier molecular flexibility index (Phi) is 6.55. The highest BCUT2D eigenvalue weighted by Gasteiger charge is 2.19. The van der Waals surface area contributed by atoms with E-state index < -0.39 is 0 Å². The molecule has 0 unspecified atom stereocenters. The molecule has 1 fully saturated rings.